The zero-order chi connectivity index (χ0) is 20.7. The van der Waals surface area contributed by atoms with Crippen molar-refractivity contribution in [3.8, 4) is 11.5 Å². The molecule has 0 heterocycles. The monoisotopic (exact) mass is 407 g/mol. The summed E-state index contributed by atoms with van der Waals surface area (Å²) in [5.74, 6) is 1.22. The maximum atomic E-state index is 13.3. The van der Waals surface area contributed by atoms with Crippen molar-refractivity contribution in [2.75, 3.05) is 20.8 Å². The molecule has 2 aromatic rings. The molecule has 1 atom stereocenters. The number of ether oxygens (including phenoxy) is 2. The van der Waals surface area contributed by atoms with Gasteiger partial charge in [0.2, 0.25) is 10.0 Å². The standard InChI is InChI=1S/C21H29NO5S/c1-16(2)21(15-23)28(24,25)22(13-17-5-9-19(26-3)10-6-17)14-18-7-11-20(27-4)12-8-18/h5-12,16,21,23H,13-15H2,1-4H3/t21-/m0/s1. The van der Waals surface area contributed by atoms with Crippen LogP contribution in [0.5, 0.6) is 11.5 Å². The summed E-state index contributed by atoms with van der Waals surface area (Å²) in [6.07, 6.45) is 0. The second-order valence-electron chi connectivity index (χ2n) is 6.97. The maximum Gasteiger partial charge on any atom is 0.220 e. The lowest BCUT2D eigenvalue weighted by molar-refractivity contribution is 0.260. The number of aliphatic hydroxyl groups excluding tert-OH is 1. The van der Waals surface area contributed by atoms with Crippen LogP contribution < -0.4 is 9.47 Å². The molecule has 0 unspecified atom stereocenters. The molecule has 0 aliphatic carbocycles. The molecular weight excluding hydrogens is 378 g/mol. The van der Waals surface area contributed by atoms with Crippen LogP contribution in [0.3, 0.4) is 0 Å². The third kappa shape index (κ3) is 5.47. The summed E-state index contributed by atoms with van der Waals surface area (Å²) in [5, 5.41) is 8.85. The summed E-state index contributed by atoms with van der Waals surface area (Å²) in [7, 11) is -0.545. The van der Waals surface area contributed by atoms with E-state index in [-0.39, 0.29) is 19.0 Å². The Morgan fingerprint density at radius 2 is 1.25 bits per heavy atom. The first-order valence-electron chi connectivity index (χ1n) is 9.17. The fourth-order valence-electron chi connectivity index (χ4n) is 2.95. The van der Waals surface area contributed by atoms with Crippen molar-refractivity contribution in [3.05, 3.63) is 59.7 Å². The number of nitrogens with zero attached hydrogens (tertiary/aromatic N) is 1. The number of methoxy groups -OCH3 is 2. The highest BCUT2D eigenvalue weighted by molar-refractivity contribution is 7.89. The normalized spacial score (nSPS) is 13.0. The Labute approximate surface area is 167 Å². The van der Waals surface area contributed by atoms with E-state index in [2.05, 4.69) is 0 Å². The van der Waals surface area contributed by atoms with Gasteiger partial charge in [0.25, 0.3) is 0 Å². The van der Waals surface area contributed by atoms with E-state index in [4.69, 9.17) is 9.47 Å². The summed E-state index contributed by atoms with van der Waals surface area (Å²) >= 11 is 0. The topological polar surface area (TPSA) is 76.1 Å². The first-order chi connectivity index (χ1) is 13.3. The van der Waals surface area contributed by atoms with E-state index in [0.29, 0.717) is 11.5 Å². The molecule has 0 saturated carbocycles. The molecule has 0 saturated heterocycles. The van der Waals surface area contributed by atoms with E-state index in [0.717, 1.165) is 11.1 Å². The fourth-order valence-corrected chi connectivity index (χ4v) is 4.86. The molecule has 0 fully saturated rings. The largest absolute Gasteiger partial charge is 0.497 e. The zero-order valence-corrected chi connectivity index (χ0v) is 17.6. The van der Waals surface area contributed by atoms with E-state index >= 15 is 0 Å². The molecule has 0 radical (unpaired) electrons. The lowest BCUT2D eigenvalue weighted by Crippen LogP contribution is -2.42. The van der Waals surface area contributed by atoms with Crippen molar-refractivity contribution in [1.82, 2.24) is 4.31 Å². The summed E-state index contributed by atoms with van der Waals surface area (Å²) in [4.78, 5) is 0. The molecule has 1 N–H and O–H groups in total. The predicted octanol–water partition coefficient (Wildman–Crippen LogP) is 3.05. The van der Waals surface area contributed by atoms with E-state index in [9.17, 15) is 13.5 Å². The van der Waals surface area contributed by atoms with Gasteiger partial charge >= 0.3 is 0 Å². The summed E-state index contributed by atoms with van der Waals surface area (Å²) < 4.78 is 38.3. The van der Waals surface area contributed by atoms with Gasteiger partial charge in [0.05, 0.1) is 20.8 Å². The van der Waals surface area contributed by atoms with Gasteiger partial charge in [0, 0.05) is 13.1 Å². The Hall–Kier alpha value is -2.09. The Kier molecular flexibility index (Phi) is 7.86. The zero-order valence-electron chi connectivity index (χ0n) is 16.8. The Balaban J connectivity index is 2.34. The van der Waals surface area contributed by atoms with Crippen LogP contribution in [0.15, 0.2) is 48.5 Å². The summed E-state index contributed by atoms with van der Waals surface area (Å²) in [6.45, 7) is 3.61. The van der Waals surface area contributed by atoms with Gasteiger partial charge in [-0.05, 0) is 41.3 Å². The van der Waals surface area contributed by atoms with Crippen LogP contribution in [0.25, 0.3) is 0 Å². The summed E-state index contributed by atoms with van der Waals surface area (Å²) in [5.41, 5.74) is 1.69. The van der Waals surface area contributed by atoms with Crippen LogP contribution in [0.2, 0.25) is 0 Å². The van der Waals surface area contributed by atoms with Crippen LogP contribution in [0.1, 0.15) is 25.0 Å². The average molecular weight is 408 g/mol. The van der Waals surface area contributed by atoms with Crippen molar-refractivity contribution in [2.45, 2.75) is 32.2 Å². The van der Waals surface area contributed by atoms with Gasteiger partial charge in [-0.2, -0.15) is 4.31 Å². The number of rotatable bonds is 10. The van der Waals surface area contributed by atoms with Gasteiger partial charge in [0.1, 0.15) is 16.7 Å². The van der Waals surface area contributed by atoms with Crippen LogP contribution in [-0.2, 0) is 23.1 Å². The minimum Gasteiger partial charge on any atom is -0.497 e. The van der Waals surface area contributed by atoms with E-state index in [1.54, 1.807) is 52.3 Å². The highest BCUT2D eigenvalue weighted by atomic mass is 32.2. The molecule has 2 aromatic carbocycles. The Morgan fingerprint density at radius 1 is 0.857 bits per heavy atom. The van der Waals surface area contributed by atoms with Crippen molar-refractivity contribution in [3.63, 3.8) is 0 Å². The molecule has 0 aliphatic rings. The number of sulfonamides is 1. The minimum atomic E-state index is -3.72. The highest BCUT2D eigenvalue weighted by Crippen LogP contribution is 2.23. The lowest BCUT2D eigenvalue weighted by Gasteiger charge is -2.29. The minimum absolute atomic E-state index is 0.204. The first-order valence-corrected chi connectivity index (χ1v) is 10.7. The third-order valence-corrected chi connectivity index (χ3v) is 7.14. The number of benzene rings is 2. The smallest absolute Gasteiger partial charge is 0.220 e. The van der Waals surface area contributed by atoms with Crippen LogP contribution in [0, 0.1) is 5.92 Å². The second-order valence-corrected chi connectivity index (χ2v) is 9.13. The van der Waals surface area contributed by atoms with Crippen molar-refractivity contribution in [2.24, 2.45) is 5.92 Å². The molecule has 0 spiro atoms. The third-order valence-electron chi connectivity index (χ3n) is 4.70. The SMILES string of the molecule is COc1ccc(CN(Cc2ccc(OC)cc2)S(=O)(=O)[C@@H](CO)C(C)C)cc1. The van der Waals surface area contributed by atoms with Gasteiger partial charge in [-0.3, -0.25) is 0 Å². The van der Waals surface area contributed by atoms with Gasteiger partial charge in [-0.1, -0.05) is 38.1 Å². The molecule has 28 heavy (non-hydrogen) atoms. The van der Waals surface area contributed by atoms with E-state index in [1.165, 1.54) is 4.31 Å². The molecule has 0 aromatic heterocycles. The molecule has 0 bridgehead atoms. The second kappa shape index (κ2) is 9.91. The number of aliphatic hydroxyl groups is 1. The Morgan fingerprint density at radius 3 is 1.54 bits per heavy atom. The molecule has 0 aliphatic heterocycles. The Bertz CT molecular complexity index is 783. The fraction of sp³-hybridized carbons (Fsp3) is 0.429. The predicted molar refractivity (Wildman–Crippen MR) is 110 cm³/mol. The van der Waals surface area contributed by atoms with Crippen LogP contribution >= 0.6 is 0 Å². The van der Waals surface area contributed by atoms with Gasteiger partial charge in [-0.15, -0.1) is 0 Å². The molecule has 2 rings (SSSR count). The summed E-state index contributed by atoms with van der Waals surface area (Å²) in [6, 6.07) is 14.6. The van der Waals surface area contributed by atoms with Gasteiger partial charge in [-0.25, -0.2) is 8.42 Å². The number of hydrogen-bond acceptors (Lipinski definition) is 5. The molecular formula is C21H29NO5S. The molecule has 7 heteroatoms. The highest BCUT2D eigenvalue weighted by Gasteiger charge is 2.34. The molecule has 154 valence electrons. The van der Waals surface area contributed by atoms with E-state index < -0.39 is 21.9 Å². The average Bonchev–Trinajstić information content (AvgIpc) is 2.68. The van der Waals surface area contributed by atoms with Crippen molar-refractivity contribution in [1.29, 1.82) is 0 Å². The quantitative estimate of drug-likeness (QED) is 0.655. The van der Waals surface area contributed by atoms with E-state index in [1.807, 2.05) is 24.3 Å². The lowest BCUT2D eigenvalue weighted by atomic mass is 10.1. The van der Waals surface area contributed by atoms with Gasteiger partial charge < -0.3 is 14.6 Å². The number of hydrogen-bond donors (Lipinski definition) is 1. The van der Waals surface area contributed by atoms with Crippen LogP contribution in [-0.4, -0.2) is 43.9 Å². The maximum absolute atomic E-state index is 13.3. The molecule has 0 amide bonds. The van der Waals surface area contributed by atoms with Gasteiger partial charge in [0.15, 0.2) is 0 Å². The molecule has 6 nitrogen and oxygen atoms in total. The van der Waals surface area contributed by atoms with Crippen molar-refractivity contribution < 1.29 is 23.0 Å². The van der Waals surface area contributed by atoms with Crippen molar-refractivity contribution >= 4 is 10.0 Å². The first kappa shape index (κ1) is 22.2. The van der Waals surface area contributed by atoms with Crippen LogP contribution in [0.4, 0.5) is 0 Å².